The Morgan fingerprint density at radius 1 is 0.947 bits per heavy atom. The highest BCUT2D eigenvalue weighted by Gasteiger charge is 1.96. The van der Waals surface area contributed by atoms with Crippen molar-refractivity contribution in [3.63, 3.8) is 0 Å². The van der Waals surface area contributed by atoms with Gasteiger partial charge in [-0.25, -0.2) is 0 Å². The molecule has 0 heterocycles. The molecule has 2 N–H and O–H groups in total. The molecule has 0 aliphatic heterocycles. The van der Waals surface area contributed by atoms with Crippen molar-refractivity contribution in [2.45, 2.75) is 20.1 Å². The maximum Gasteiger partial charge on any atom is 0.119 e. The molecule has 0 saturated heterocycles. The molecule has 0 aromatic heterocycles. The van der Waals surface area contributed by atoms with E-state index in [9.17, 15) is 0 Å². The summed E-state index contributed by atoms with van der Waals surface area (Å²) < 4.78 is 5.40. The summed E-state index contributed by atoms with van der Waals surface area (Å²) in [6.45, 7) is 3.51. The van der Waals surface area contributed by atoms with Crippen LogP contribution in [0.25, 0.3) is 0 Å². The van der Waals surface area contributed by atoms with Crippen LogP contribution in [0.2, 0.25) is 0 Å². The SMILES string of the molecule is CCOc1ccc(NCc2ccc(CO)cc2)cc1. The molecule has 0 radical (unpaired) electrons. The van der Waals surface area contributed by atoms with Gasteiger partial charge in [0.15, 0.2) is 0 Å². The molecular formula is C16H19NO2. The summed E-state index contributed by atoms with van der Waals surface area (Å²) in [5.41, 5.74) is 3.19. The number of rotatable bonds is 6. The van der Waals surface area contributed by atoms with Gasteiger partial charge in [0.2, 0.25) is 0 Å². The Balaban J connectivity index is 1.90. The fourth-order valence-electron chi connectivity index (χ4n) is 1.80. The average Bonchev–Trinajstić information content (AvgIpc) is 2.47. The molecule has 0 fully saturated rings. The van der Waals surface area contributed by atoms with E-state index in [1.165, 1.54) is 5.56 Å². The lowest BCUT2D eigenvalue weighted by molar-refractivity contribution is 0.282. The molecule has 0 unspecified atom stereocenters. The number of aliphatic hydroxyl groups is 1. The van der Waals surface area contributed by atoms with E-state index in [0.717, 1.165) is 23.5 Å². The normalized spacial score (nSPS) is 10.2. The van der Waals surface area contributed by atoms with Gasteiger partial charge in [-0.1, -0.05) is 24.3 Å². The van der Waals surface area contributed by atoms with Crippen LogP contribution in [0.15, 0.2) is 48.5 Å². The van der Waals surface area contributed by atoms with Crippen LogP contribution in [-0.2, 0) is 13.2 Å². The summed E-state index contributed by atoms with van der Waals surface area (Å²) >= 11 is 0. The zero-order valence-electron chi connectivity index (χ0n) is 11.1. The zero-order chi connectivity index (χ0) is 13.5. The molecule has 0 atom stereocenters. The Hall–Kier alpha value is -2.00. The number of nitrogens with one attached hydrogen (secondary N) is 1. The van der Waals surface area contributed by atoms with Crippen molar-refractivity contribution in [1.29, 1.82) is 0 Å². The highest BCUT2D eigenvalue weighted by Crippen LogP contribution is 2.16. The number of aliphatic hydroxyl groups excluding tert-OH is 1. The predicted molar refractivity (Wildman–Crippen MR) is 77.3 cm³/mol. The molecule has 2 aromatic carbocycles. The molecule has 0 spiro atoms. The lowest BCUT2D eigenvalue weighted by Crippen LogP contribution is -1.99. The van der Waals surface area contributed by atoms with Crippen molar-refractivity contribution in [1.82, 2.24) is 0 Å². The number of anilines is 1. The van der Waals surface area contributed by atoms with Crippen LogP contribution < -0.4 is 10.1 Å². The number of hydrogen-bond donors (Lipinski definition) is 2. The first-order valence-electron chi connectivity index (χ1n) is 6.47. The molecule has 0 aliphatic carbocycles. The molecule has 0 amide bonds. The summed E-state index contributed by atoms with van der Waals surface area (Å²) in [6, 6.07) is 15.9. The Labute approximate surface area is 113 Å². The van der Waals surface area contributed by atoms with E-state index in [-0.39, 0.29) is 6.61 Å². The second-order valence-electron chi connectivity index (χ2n) is 4.29. The van der Waals surface area contributed by atoms with Crippen LogP contribution >= 0.6 is 0 Å². The maximum atomic E-state index is 8.98. The van der Waals surface area contributed by atoms with Crippen LogP contribution in [0.1, 0.15) is 18.1 Å². The number of hydrogen-bond acceptors (Lipinski definition) is 3. The van der Waals surface area contributed by atoms with Gasteiger partial charge in [0, 0.05) is 12.2 Å². The molecular weight excluding hydrogens is 238 g/mol. The van der Waals surface area contributed by atoms with Crippen LogP contribution in [0.4, 0.5) is 5.69 Å². The Bertz CT molecular complexity index is 491. The van der Waals surface area contributed by atoms with Crippen molar-refractivity contribution in [2.24, 2.45) is 0 Å². The van der Waals surface area contributed by atoms with Gasteiger partial charge < -0.3 is 15.2 Å². The summed E-state index contributed by atoms with van der Waals surface area (Å²) in [5, 5.41) is 12.3. The van der Waals surface area contributed by atoms with Crippen molar-refractivity contribution < 1.29 is 9.84 Å². The van der Waals surface area contributed by atoms with E-state index >= 15 is 0 Å². The molecule has 0 bridgehead atoms. The van der Waals surface area contributed by atoms with Gasteiger partial charge >= 0.3 is 0 Å². The van der Waals surface area contributed by atoms with Crippen molar-refractivity contribution in [3.05, 3.63) is 59.7 Å². The molecule has 19 heavy (non-hydrogen) atoms. The number of benzene rings is 2. The molecule has 0 saturated carbocycles. The Kier molecular flexibility index (Phi) is 4.81. The largest absolute Gasteiger partial charge is 0.494 e. The third-order valence-electron chi connectivity index (χ3n) is 2.87. The van der Waals surface area contributed by atoms with Gasteiger partial charge in [0.05, 0.1) is 13.2 Å². The molecule has 100 valence electrons. The first-order chi connectivity index (χ1) is 9.31. The maximum absolute atomic E-state index is 8.98. The summed E-state index contributed by atoms with van der Waals surface area (Å²) in [6.07, 6.45) is 0. The van der Waals surface area contributed by atoms with E-state index < -0.39 is 0 Å². The smallest absolute Gasteiger partial charge is 0.119 e. The lowest BCUT2D eigenvalue weighted by atomic mass is 10.1. The lowest BCUT2D eigenvalue weighted by Gasteiger charge is -2.08. The van der Waals surface area contributed by atoms with E-state index in [1.54, 1.807) is 0 Å². The van der Waals surface area contributed by atoms with Crippen LogP contribution in [0.5, 0.6) is 5.75 Å². The van der Waals surface area contributed by atoms with Crippen LogP contribution in [0.3, 0.4) is 0 Å². The monoisotopic (exact) mass is 257 g/mol. The predicted octanol–water partition coefficient (Wildman–Crippen LogP) is 3.19. The van der Waals surface area contributed by atoms with E-state index in [4.69, 9.17) is 9.84 Å². The van der Waals surface area contributed by atoms with Gasteiger partial charge in [-0.2, -0.15) is 0 Å². The molecule has 3 nitrogen and oxygen atoms in total. The van der Waals surface area contributed by atoms with Gasteiger partial charge in [-0.15, -0.1) is 0 Å². The minimum absolute atomic E-state index is 0.0899. The highest BCUT2D eigenvalue weighted by atomic mass is 16.5. The minimum Gasteiger partial charge on any atom is -0.494 e. The molecule has 2 rings (SSSR count). The van der Waals surface area contributed by atoms with Crippen molar-refractivity contribution in [3.8, 4) is 5.75 Å². The third kappa shape index (κ3) is 4.00. The van der Waals surface area contributed by atoms with Crippen LogP contribution in [0, 0.1) is 0 Å². The van der Waals surface area contributed by atoms with Crippen LogP contribution in [-0.4, -0.2) is 11.7 Å². The Morgan fingerprint density at radius 2 is 1.58 bits per heavy atom. The van der Waals surface area contributed by atoms with Crippen molar-refractivity contribution in [2.75, 3.05) is 11.9 Å². The number of ether oxygens (including phenoxy) is 1. The first kappa shape index (κ1) is 13.4. The van der Waals surface area contributed by atoms with E-state index in [1.807, 2.05) is 55.5 Å². The van der Waals surface area contributed by atoms with Gasteiger partial charge in [-0.05, 0) is 42.3 Å². The second kappa shape index (κ2) is 6.81. The zero-order valence-corrected chi connectivity index (χ0v) is 11.1. The summed E-state index contributed by atoms with van der Waals surface area (Å²) in [7, 11) is 0. The molecule has 3 heteroatoms. The first-order valence-corrected chi connectivity index (χ1v) is 6.47. The highest BCUT2D eigenvalue weighted by molar-refractivity contribution is 5.46. The quantitative estimate of drug-likeness (QED) is 0.835. The summed E-state index contributed by atoms with van der Waals surface area (Å²) in [4.78, 5) is 0. The van der Waals surface area contributed by atoms with E-state index in [2.05, 4.69) is 5.32 Å². The van der Waals surface area contributed by atoms with Gasteiger partial charge in [-0.3, -0.25) is 0 Å². The Morgan fingerprint density at radius 3 is 2.16 bits per heavy atom. The second-order valence-corrected chi connectivity index (χ2v) is 4.29. The van der Waals surface area contributed by atoms with Crippen molar-refractivity contribution >= 4 is 5.69 Å². The molecule has 0 aliphatic rings. The fraction of sp³-hybridized carbons (Fsp3) is 0.250. The van der Waals surface area contributed by atoms with Gasteiger partial charge in [0.1, 0.15) is 5.75 Å². The molecule has 2 aromatic rings. The van der Waals surface area contributed by atoms with Gasteiger partial charge in [0.25, 0.3) is 0 Å². The fourth-order valence-corrected chi connectivity index (χ4v) is 1.80. The van der Waals surface area contributed by atoms with E-state index in [0.29, 0.717) is 6.61 Å². The third-order valence-corrected chi connectivity index (χ3v) is 2.87. The minimum atomic E-state index is 0.0899. The summed E-state index contributed by atoms with van der Waals surface area (Å²) in [5.74, 6) is 0.889. The standard InChI is InChI=1S/C16H19NO2/c1-2-19-16-9-7-15(8-10-16)17-11-13-3-5-14(12-18)6-4-13/h3-10,17-18H,2,11-12H2,1H3. The topological polar surface area (TPSA) is 41.5 Å². The average molecular weight is 257 g/mol.